The molecule has 3 rings (SSSR count). The molecule has 2 aliphatic carbocycles. The van der Waals surface area contributed by atoms with E-state index in [9.17, 15) is 0 Å². The van der Waals surface area contributed by atoms with Crippen molar-refractivity contribution in [3.8, 4) is 0 Å². The van der Waals surface area contributed by atoms with Crippen molar-refractivity contribution in [2.75, 3.05) is 26.2 Å². The lowest BCUT2D eigenvalue weighted by Gasteiger charge is -2.30. The van der Waals surface area contributed by atoms with Gasteiger partial charge in [0, 0.05) is 19.1 Å². The van der Waals surface area contributed by atoms with Crippen molar-refractivity contribution >= 4 is 0 Å². The van der Waals surface area contributed by atoms with Crippen LogP contribution in [0.4, 0.5) is 0 Å². The van der Waals surface area contributed by atoms with Gasteiger partial charge in [-0.05, 0) is 68.9 Å². The second-order valence-corrected chi connectivity index (χ2v) is 7.26. The molecular formula is C16H30N2. The number of rotatable bonds is 5. The minimum Gasteiger partial charge on any atom is -0.312 e. The molecule has 1 N–H and O–H groups in total. The highest BCUT2D eigenvalue weighted by atomic mass is 15.2. The number of hydrogen-bond acceptors (Lipinski definition) is 2. The smallest absolute Gasteiger partial charge is 0.0217 e. The van der Waals surface area contributed by atoms with E-state index < -0.39 is 0 Å². The zero-order valence-electron chi connectivity index (χ0n) is 12.2. The molecule has 0 aromatic carbocycles. The van der Waals surface area contributed by atoms with Crippen LogP contribution in [0.1, 0.15) is 46.0 Å². The summed E-state index contributed by atoms with van der Waals surface area (Å²) in [5.74, 6) is 4.03. The second kappa shape index (κ2) is 5.50. The molecule has 2 nitrogen and oxygen atoms in total. The van der Waals surface area contributed by atoms with Gasteiger partial charge in [0.25, 0.3) is 0 Å². The highest BCUT2D eigenvalue weighted by Gasteiger charge is 2.42. The molecule has 0 bridgehead atoms. The fourth-order valence-corrected chi connectivity index (χ4v) is 3.67. The molecule has 0 aromatic heterocycles. The molecular weight excluding hydrogens is 220 g/mol. The summed E-state index contributed by atoms with van der Waals surface area (Å²) in [6, 6.07) is 0.714. The maximum atomic E-state index is 3.73. The summed E-state index contributed by atoms with van der Waals surface area (Å²) in [6.45, 7) is 9.96. The first-order valence-corrected chi connectivity index (χ1v) is 8.20. The van der Waals surface area contributed by atoms with E-state index in [0.29, 0.717) is 6.04 Å². The lowest BCUT2D eigenvalue weighted by Crippen LogP contribution is -2.43. The third kappa shape index (κ3) is 3.27. The van der Waals surface area contributed by atoms with Crippen molar-refractivity contribution in [1.82, 2.24) is 10.2 Å². The Morgan fingerprint density at radius 2 is 1.78 bits per heavy atom. The molecule has 1 aliphatic heterocycles. The van der Waals surface area contributed by atoms with E-state index in [2.05, 4.69) is 24.1 Å². The van der Waals surface area contributed by atoms with Crippen LogP contribution in [0.3, 0.4) is 0 Å². The average Bonchev–Trinajstić information content (AvgIpc) is 3.20. The van der Waals surface area contributed by atoms with E-state index in [-0.39, 0.29) is 0 Å². The zero-order valence-corrected chi connectivity index (χ0v) is 12.2. The van der Waals surface area contributed by atoms with Crippen LogP contribution in [0.2, 0.25) is 0 Å². The molecule has 0 amide bonds. The van der Waals surface area contributed by atoms with Crippen molar-refractivity contribution in [2.24, 2.45) is 23.7 Å². The highest BCUT2D eigenvalue weighted by molar-refractivity contribution is 4.93. The summed E-state index contributed by atoms with van der Waals surface area (Å²) in [5.41, 5.74) is 0. The first-order valence-electron chi connectivity index (χ1n) is 8.20. The van der Waals surface area contributed by atoms with E-state index >= 15 is 0 Å². The Labute approximate surface area is 113 Å². The molecule has 1 unspecified atom stereocenters. The molecule has 0 spiro atoms. The van der Waals surface area contributed by atoms with Gasteiger partial charge in [0.15, 0.2) is 0 Å². The number of nitrogens with one attached hydrogen (secondary N) is 1. The van der Waals surface area contributed by atoms with Crippen LogP contribution in [0.15, 0.2) is 0 Å². The Morgan fingerprint density at radius 1 is 1.11 bits per heavy atom. The standard InChI is InChI=1S/C16H30N2/c1-12(2)16-11-18(9-3-8-17-16)10-15(13-4-5-13)14-6-7-14/h12-17H,3-11H2,1-2H3. The first kappa shape index (κ1) is 12.9. The predicted octanol–water partition coefficient (Wildman–Crippen LogP) is 2.74. The topological polar surface area (TPSA) is 15.3 Å². The summed E-state index contributed by atoms with van der Waals surface area (Å²) in [6.07, 6.45) is 7.45. The van der Waals surface area contributed by atoms with Gasteiger partial charge in [-0.15, -0.1) is 0 Å². The van der Waals surface area contributed by atoms with Crippen molar-refractivity contribution in [3.63, 3.8) is 0 Å². The predicted molar refractivity (Wildman–Crippen MR) is 76.6 cm³/mol. The molecule has 0 radical (unpaired) electrons. The molecule has 2 heteroatoms. The zero-order chi connectivity index (χ0) is 12.5. The van der Waals surface area contributed by atoms with Gasteiger partial charge in [0.2, 0.25) is 0 Å². The van der Waals surface area contributed by atoms with E-state index in [1.54, 1.807) is 0 Å². The molecule has 0 aromatic rings. The monoisotopic (exact) mass is 250 g/mol. The summed E-state index contributed by atoms with van der Waals surface area (Å²) in [7, 11) is 0. The van der Waals surface area contributed by atoms with E-state index in [1.165, 1.54) is 58.3 Å². The van der Waals surface area contributed by atoms with Crippen LogP contribution < -0.4 is 5.32 Å². The van der Waals surface area contributed by atoms with Crippen molar-refractivity contribution in [3.05, 3.63) is 0 Å². The van der Waals surface area contributed by atoms with Gasteiger partial charge >= 0.3 is 0 Å². The van der Waals surface area contributed by atoms with Gasteiger partial charge in [-0.3, -0.25) is 0 Å². The number of nitrogens with zero attached hydrogens (tertiary/aromatic N) is 1. The molecule has 3 fully saturated rings. The van der Waals surface area contributed by atoms with E-state index in [1.807, 2.05) is 0 Å². The van der Waals surface area contributed by atoms with Crippen LogP contribution in [-0.4, -0.2) is 37.1 Å². The minimum absolute atomic E-state index is 0.714. The summed E-state index contributed by atoms with van der Waals surface area (Å²) < 4.78 is 0. The molecule has 1 heterocycles. The minimum atomic E-state index is 0.714. The van der Waals surface area contributed by atoms with Crippen LogP contribution in [0.25, 0.3) is 0 Å². The third-order valence-corrected chi connectivity index (χ3v) is 5.24. The maximum absolute atomic E-state index is 3.73. The maximum Gasteiger partial charge on any atom is 0.0217 e. The van der Waals surface area contributed by atoms with Crippen molar-refractivity contribution in [2.45, 2.75) is 52.0 Å². The molecule has 1 atom stereocenters. The van der Waals surface area contributed by atoms with Crippen molar-refractivity contribution < 1.29 is 0 Å². The van der Waals surface area contributed by atoms with Gasteiger partial charge < -0.3 is 10.2 Å². The summed E-state index contributed by atoms with van der Waals surface area (Å²) in [5, 5.41) is 3.73. The average molecular weight is 250 g/mol. The van der Waals surface area contributed by atoms with Crippen LogP contribution in [0.5, 0.6) is 0 Å². The van der Waals surface area contributed by atoms with Gasteiger partial charge in [-0.25, -0.2) is 0 Å². The number of hydrogen-bond donors (Lipinski definition) is 1. The van der Waals surface area contributed by atoms with E-state index in [0.717, 1.165) is 23.7 Å². The molecule has 3 aliphatic rings. The Balaban J connectivity index is 1.55. The second-order valence-electron chi connectivity index (χ2n) is 7.26. The fraction of sp³-hybridized carbons (Fsp3) is 1.00. The Morgan fingerprint density at radius 3 is 2.33 bits per heavy atom. The lowest BCUT2D eigenvalue weighted by atomic mass is 9.96. The summed E-state index contributed by atoms with van der Waals surface area (Å²) in [4.78, 5) is 2.78. The highest BCUT2D eigenvalue weighted by Crippen LogP contribution is 2.49. The van der Waals surface area contributed by atoms with E-state index in [4.69, 9.17) is 0 Å². The Hall–Kier alpha value is -0.0800. The van der Waals surface area contributed by atoms with Gasteiger partial charge in [-0.1, -0.05) is 13.8 Å². The Bertz CT molecular complexity index is 256. The van der Waals surface area contributed by atoms with Crippen LogP contribution in [0, 0.1) is 23.7 Å². The quantitative estimate of drug-likeness (QED) is 0.807. The van der Waals surface area contributed by atoms with Gasteiger partial charge in [-0.2, -0.15) is 0 Å². The Kier molecular flexibility index (Phi) is 3.95. The first-order chi connectivity index (χ1) is 8.74. The van der Waals surface area contributed by atoms with Gasteiger partial charge in [0.05, 0.1) is 0 Å². The van der Waals surface area contributed by atoms with Gasteiger partial charge in [0.1, 0.15) is 0 Å². The fourth-order valence-electron chi connectivity index (χ4n) is 3.67. The third-order valence-electron chi connectivity index (χ3n) is 5.24. The normalized spacial score (nSPS) is 31.0. The lowest BCUT2D eigenvalue weighted by molar-refractivity contribution is 0.189. The molecule has 2 saturated carbocycles. The largest absolute Gasteiger partial charge is 0.312 e. The molecule has 104 valence electrons. The summed E-state index contributed by atoms with van der Waals surface area (Å²) >= 11 is 0. The van der Waals surface area contributed by atoms with Crippen LogP contribution in [-0.2, 0) is 0 Å². The van der Waals surface area contributed by atoms with Crippen LogP contribution >= 0.6 is 0 Å². The SMILES string of the molecule is CC(C)C1CN(CC(C2CC2)C2CC2)CCCN1. The molecule has 18 heavy (non-hydrogen) atoms. The van der Waals surface area contributed by atoms with Crippen molar-refractivity contribution in [1.29, 1.82) is 0 Å². The molecule has 1 saturated heterocycles.